The maximum Gasteiger partial charge on any atom is 0.522 e. The zero-order chi connectivity index (χ0) is 26.0. The van der Waals surface area contributed by atoms with Crippen molar-refractivity contribution in [3.05, 3.63) is 22.3 Å². The fourth-order valence-corrected chi connectivity index (χ4v) is 4.31. The minimum Gasteiger partial charge on any atom is -0.472 e. The molecular weight excluding hydrogens is 517 g/mol. The van der Waals surface area contributed by atoms with Gasteiger partial charge in [-0.25, -0.2) is 19.0 Å². The molecule has 0 aromatic carbocycles. The molecule has 0 saturated carbocycles. The number of rotatable bonds is 6. The smallest absolute Gasteiger partial charge is 0.472 e. The first-order chi connectivity index (χ1) is 16.3. The molecule has 35 heavy (non-hydrogen) atoms. The molecule has 0 radical (unpaired) electrons. The van der Waals surface area contributed by atoms with E-state index in [2.05, 4.69) is 19.2 Å². The molecule has 0 N–H and O–H groups in total. The molecule has 0 spiro atoms. The van der Waals surface area contributed by atoms with Gasteiger partial charge in [0.05, 0.1) is 24.0 Å². The number of halogens is 7. The summed E-state index contributed by atoms with van der Waals surface area (Å²) < 4.78 is 109. The van der Waals surface area contributed by atoms with E-state index in [1.165, 1.54) is 0 Å². The summed E-state index contributed by atoms with van der Waals surface area (Å²) in [5.74, 6) is -3.66. The lowest BCUT2D eigenvalue weighted by molar-refractivity contribution is -0.326. The number of alkyl halides is 6. The number of nitrogens with zero attached hydrogens (tertiary/aromatic N) is 2. The third kappa shape index (κ3) is 6.42. The van der Waals surface area contributed by atoms with Crippen LogP contribution in [0.5, 0.6) is 5.88 Å². The molecule has 194 valence electrons. The van der Waals surface area contributed by atoms with E-state index in [1.54, 1.807) is 0 Å². The van der Waals surface area contributed by atoms with Crippen molar-refractivity contribution < 1.29 is 59.3 Å². The second kappa shape index (κ2) is 10.4. The molecule has 0 atom stereocenters. The van der Waals surface area contributed by atoms with Crippen LogP contribution in [0.4, 0.5) is 35.5 Å². The number of carbonyl (C=O) groups is 2. The molecular formula is C19H17F7N2O6S. The number of piperidine rings is 1. The highest BCUT2D eigenvalue weighted by molar-refractivity contribution is 7.17. The first-order valence-electron chi connectivity index (χ1n) is 9.87. The Labute approximate surface area is 196 Å². The highest BCUT2D eigenvalue weighted by Gasteiger charge is 2.41. The van der Waals surface area contributed by atoms with Crippen LogP contribution < -0.4 is 4.74 Å². The number of hydrogen-bond acceptors (Lipinski definition) is 8. The molecule has 1 amide bonds. The van der Waals surface area contributed by atoms with E-state index < -0.39 is 71.4 Å². The van der Waals surface area contributed by atoms with E-state index in [-0.39, 0.29) is 31.5 Å². The number of amides is 1. The largest absolute Gasteiger partial charge is 0.522 e. The van der Waals surface area contributed by atoms with E-state index in [4.69, 9.17) is 4.74 Å². The second-order valence-electron chi connectivity index (χ2n) is 7.14. The standard InChI is InChI=1S/C19H17F7N2O6S/c1-31-16(29)10-8-35-14-11(18(21,22)23)12(20)15(27-13(10)14)34-9-2-4-28(5-3-9)17(30)32-6-7-33-19(24,25)26/h8-9H,2-7H2,1H3. The number of esters is 1. The fourth-order valence-electron chi connectivity index (χ4n) is 3.28. The van der Waals surface area contributed by atoms with Gasteiger partial charge in [0.15, 0.2) is 5.82 Å². The summed E-state index contributed by atoms with van der Waals surface area (Å²) in [5.41, 5.74) is -2.33. The van der Waals surface area contributed by atoms with Crippen molar-refractivity contribution in [2.24, 2.45) is 0 Å². The molecule has 0 bridgehead atoms. The molecule has 16 heteroatoms. The van der Waals surface area contributed by atoms with Crippen LogP contribution in [0.3, 0.4) is 0 Å². The maximum absolute atomic E-state index is 14.8. The van der Waals surface area contributed by atoms with Crippen molar-refractivity contribution in [2.45, 2.75) is 31.5 Å². The van der Waals surface area contributed by atoms with Crippen molar-refractivity contribution in [2.75, 3.05) is 33.4 Å². The van der Waals surface area contributed by atoms with E-state index >= 15 is 0 Å². The van der Waals surface area contributed by atoms with Crippen LogP contribution >= 0.6 is 11.3 Å². The van der Waals surface area contributed by atoms with Crippen LogP contribution in [-0.2, 0) is 20.4 Å². The van der Waals surface area contributed by atoms with Crippen LogP contribution in [0, 0.1) is 5.82 Å². The van der Waals surface area contributed by atoms with Crippen LogP contribution in [0.1, 0.15) is 28.8 Å². The highest BCUT2D eigenvalue weighted by Crippen LogP contribution is 2.43. The van der Waals surface area contributed by atoms with Gasteiger partial charge in [-0.3, -0.25) is 4.74 Å². The van der Waals surface area contributed by atoms with Gasteiger partial charge in [-0.15, -0.1) is 24.5 Å². The van der Waals surface area contributed by atoms with Gasteiger partial charge in [-0.2, -0.15) is 13.2 Å². The Morgan fingerprint density at radius 1 is 1.14 bits per heavy atom. The molecule has 8 nitrogen and oxygen atoms in total. The Hall–Kier alpha value is -2.88. The van der Waals surface area contributed by atoms with Crippen LogP contribution in [-0.4, -0.2) is 67.8 Å². The summed E-state index contributed by atoms with van der Waals surface area (Å²) in [6, 6.07) is 0. The van der Waals surface area contributed by atoms with Crippen molar-refractivity contribution >= 4 is 33.6 Å². The number of likely N-dealkylation sites (tertiary alicyclic amines) is 1. The van der Waals surface area contributed by atoms with Gasteiger partial charge >= 0.3 is 24.6 Å². The molecule has 0 aliphatic carbocycles. The van der Waals surface area contributed by atoms with Crippen molar-refractivity contribution in [1.29, 1.82) is 0 Å². The minimum absolute atomic E-state index is 0.0223. The van der Waals surface area contributed by atoms with Gasteiger partial charge in [-0.05, 0) is 0 Å². The number of pyridine rings is 1. The monoisotopic (exact) mass is 534 g/mol. The number of methoxy groups -OCH3 is 1. The molecule has 0 unspecified atom stereocenters. The second-order valence-corrected chi connectivity index (χ2v) is 8.01. The van der Waals surface area contributed by atoms with Gasteiger partial charge in [0.2, 0.25) is 0 Å². The summed E-state index contributed by atoms with van der Waals surface area (Å²) in [6.45, 7) is -1.58. The molecule has 1 aliphatic rings. The summed E-state index contributed by atoms with van der Waals surface area (Å²) in [7, 11) is 1.03. The Bertz CT molecular complexity index is 1080. The van der Waals surface area contributed by atoms with E-state index in [1.807, 2.05) is 0 Å². The summed E-state index contributed by atoms with van der Waals surface area (Å²) >= 11 is 0.485. The zero-order valence-corrected chi connectivity index (χ0v) is 18.6. The third-order valence-corrected chi connectivity index (χ3v) is 5.84. The predicted octanol–water partition coefficient (Wildman–Crippen LogP) is 4.76. The van der Waals surface area contributed by atoms with E-state index in [0.717, 1.165) is 17.4 Å². The minimum atomic E-state index is -5.11. The lowest BCUT2D eigenvalue weighted by Gasteiger charge is -2.31. The first-order valence-corrected chi connectivity index (χ1v) is 10.7. The van der Waals surface area contributed by atoms with Crippen LogP contribution in [0.25, 0.3) is 10.2 Å². The fraction of sp³-hybridized carbons (Fsp3) is 0.526. The quantitative estimate of drug-likeness (QED) is 0.300. The van der Waals surface area contributed by atoms with Crippen LogP contribution in [0.15, 0.2) is 5.38 Å². The molecule has 2 aromatic rings. The number of thiophene rings is 1. The lowest BCUT2D eigenvalue weighted by atomic mass is 10.1. The van der Waals surface area contributed by atoms with Gasteiger partial charge in [0.25, 0.3) is 5.88 Å². The zero-order valence-electron chi connectivity index (χ0n) is 17.8. The number of ether oxygens (including phenoxy) is 4. The van der Waals surface area contributed by atoms with Crippen molar-refractivity contribution in [3.63, 3.8) is 0 Å². The van der Waals surface area contributed by atoms with Gasteiger partial charge in [-0.1, -0.05) is 0 Å². The van der Waals surface area contributed by atoms with E-state index in [0.29, 0.717) is 11.3 Å². The van der Waals surface area contributed by atoms with Gasteiger partial charge < -0.3 is 19.1 Å². The maximum atomic E-state index is 14.8. The summed E-state index contributed by atoms with van der Waals surface area (Å²) in [4.78, 5) is 28.8. The molecule has 2 aromatic heterocycles. The SMILES string of the molecule is COC(=O)c1csc2c(C(F)(F)F)c(F)c(OC3CCN(C(=O)OCCOC(F)(F)F)CC3)nc12. The first kappa shape index (κ1) is 26.7. The molecule has 1 fully saturated rings. The van der Waals surface area contributed by atoms with Crippen molar-refractivity contribution in [3.8, 4) is 5.88 Å². The van der Waals surface area contributed by atoms with Crippen molar-refractivity contribution in [1.82, 2.24) is 9.88 Å². The predicted molar refractivity (Wildman–Crippen MR) is 104 cm³/mol. The average Bonchev–Trinajstić information content (AvgIpc) is 3.18. The third-order valence-electron chi connectivity index (χ3n) is 4.85. The summed E-state index contributed by atoms with van der Waals surface area (Å²) in [5, 5.41) is 1.08. The number of fused-ring (bicyclic) bond motifs is 1. The average molecular weight is 534 g/mol. The Balaban J connectivity index is 1.70. The highest BCUT2D eigenvalue weighted by atomic mass is 32.1. The topological polar surface area (TPSA) is 87.2 Å². The van der Waals surface area contributed by atoms with Crippen LogP contribution in [0.2, 0.25) is 0 Å². The Morgan fingerprint density at radius 3 is 2.37 bits per heavy atom. The molecule has 1 aliphatic heterocycles. The Kier molecular flexibility index (Phi) is 7.93. The molecule has 3 rings (SSSR count). The van der Waals surface area contributed by atoms with E-state index in [9.17, 15) is 40.3 Å². The summed E-state index contributed by atoms with van der Waals surface area (Å²) in [6.07, 6.45) is -11.6. The normalized spacial score (nSPS) is 15.4. The molecule has 3 heterocycles. The number of carbonyl (C=O) groups excluding carboxylic acids is 2. The van der Waals surface area contributed by atoms with Gasteiger partial charge in [0.1, 0.15) is 23.8 Å². The lowest BCUT2D eigenvalue weighted by Crippen LogP contribution is -2.42. The number of hydrogen-bond donors (Lipinski definition) is 0. The number of aromatic nitrogens is 1. The van der Waals surface area contributed by atoms with Gasteiger partial charge in [0, 0.05) is 31.3 Å². The molecule has 1 saturated heterocycles. The Morgan fingerprint density at radius 2 is 1.80 bits per heavy atom.